The van der Waals surface area contributed by atoms with Crippen molar-refractivity contribution in [2.75, 3.05) is 7.05 Å². The minimum Gasteiger partial charge on any atom is -0.489 e. The molecule has 0 unspecified atom stereocenters. The van der Waals surface area contributed by atoms with E-state index in [-0.39, 0.29) is 5.41 Å². The maximum Gasteiger partial charge on any atom is 0.213 e. The molecule has 0 bridgehead atoms. The number of rotatable bonds is 7. The molecule has 0 aliphatic heterocycles. The number of benzene rings is 2. The summed E-state index contributed by atoms with van der Waals surface area (Å²) in [6, 6.07) is 18.1. The van der Waals surface area contributed by atoms with E-state index in [2.05, 4.69) is 59.6 Å². The van der Waals surface area contributed by atoms with Crippen LogP contribution < -0.4 is 15.4 Å². The Morgan fingerprint density at radius 3 is 2.43 bits per heavy atom. The fourth-order valence-corrected chi connectivity index (χ4v) is 2.82. The van der Waals surface area contributed by atoms with E-state index in [1.165, 1.54) is 0 Å². The molecule has 3 rings (SSSR count). The predicted molar refractivity (Wildman–Crippen MR) is 119 cm³/mol. The van der Waals surface area contributed by atoms with Crippen molar-refractivity contribution in [3.8, 4) is 5.75 Å². The molecule has 0 amide bonds. The van der Waals surface area contributed by atoms with Gasteiger partial charge in [0.2, 0.25) is 5.89 Å². The fourth-order valence-electron chi connectivity index (χ4n) is 2.82. The molecule has 0 saturated carbocycles. The van der Waals surface area contributed by atoms with Crippen molar-refractivity contribution in [1.29, 1.82) is 0 Å². The summed E-state index contributed by atoms with van der Waals surface area (Å²) in [6.45, 7) is 7.96. The Hall–Kier alpha value is -3.28. The molecular formula is C24H30N4O2. The van der Waals surface area contributed by atoms with Crippen LogP contribution in [0.4, 0.5) is 0 Å². The summed E-state index contributed by atoms with van der Waals surface area (Å²) < 4.78 is 11.6. The van der Waals surface area contributed by atoms with Crippen LogP contribution in [-0.4, -0.2) is 18.0 Å². The summed E-state index contributed by atoms with van der Waals surface area (Å²) in [5.41, 5.74) is 2.22. The molecule has 3 aromatic rings. The molecule has 0 saturated heterocycles. The van der Waals surface area contributed by atoms with Gasteiger partial charge in [0.05, 0.1) is 12.7 Å². The molecule has 0 radical (unpaired) electrons. The number of aliphatic imine (C=N–C) groups is 1. The monoisotopic (exact) mass is 406 g/mol. The first-order chi connectivity index (χ1) is 14.4. The number of ether oxygens (including phenoxy) is 1. The molecule has 1 heterocycles. The number of hydrogen-bond donors (Lipinski definition) is 2. The molecule has 6 nitrogen and oxygen atoms in total. The number of para-hydroxylation sites is 1. The topological polar surface area (TPSA) is 71.7 Å². The summed E-state index contributed by atoms with van der Waals surface area (Å²) in [5, 5.41) is 6.56. The van der Waals surface area contributed by atoms with Crippen LogP contribution in [0.5, 0.6) is 5.75 Å². The highest BCUT2D eigenvalue weighted by Gasteiger charge is 2.19. The lowest BCUT2D eigenvalue weighted by atomic mass is 9.94. The van der Waals surface area contributed by atoms with Gasteiger partial charge in [-0.25, -0.2) is 4.98 Å². The Kier molecular flexibility index (Phi) is 7.12. The van der Waals surface area contributed by atoms with Gasteiger partial charge in [-0.1, -0.05) is 63.2 Å². The average Bonchev–Trinajstić information content (AvgIpc) is 3.23. The first-order valence-corrected chi connectivity index (χ1v) is 10.1. The standard InChI is InChI=1S/C24H30N4O2/c1-24(2,3)21-15-26-22(30-21)16-28-23(25-4)27-14-18-9-8-10-19(13-18)17-29-20-11-6-5-7-12-20/h5-13,15H,14,16-17H2,1-4H3,(H2,25,27,28). The summed E-state index contributed by atoms with van der Waals surface area (Å²) in [4.78, 5) is 8.61. The molecule has 0 fully saturated rings. The Morgan fingerprint density at radius 1 is 1.00 bits per heavy atom. The van der Waals surface area contributed by atoms with Gasteiger partial charge >= 0.3 is 0 Å². The lowest BCUT2D eigenvalue weighted by molar-refractivity contribution is 0.306. The van der Waals surface area contributed by atoms with Crippen LogP contribution in [0.1, 0.15) is 43.5 Å². The third-order valence-electron chi connectivity index (χ3n) is 4.52. The molecule has 0 spiro atoms. The minimum atomic E-state index is -0.0551. The zero-order valence-electron chi connectivity index (χ0n) is 18.1. The second-order valence-electron chi connectivity index (χ2n) is 8.07. The van der Waals surface area contributed by atoms with E-state index in [4.69, 9.17) is 9.15 Å². The lowest BCUT2D eigenvalue weighted by Crippen LogP contribution is -2.36. The van der Waals surface area contributed by atoms with Gasteiger partial charge in [-0.2, -0.15) is 0 Å². The molecule has 158 valence electrons. The molecule has 2 N–H and O–H groups in total. The highest BCUT2D eigenvalue weighted by molar-refractivity contribution is 5.79. The summed E-state index contributed by atoms with van der Waals surface area (Å²) >= 11 is 0. The first-order valence-electron chi connectivity index (χ1n) is 10.1. The molecule has 1 aromatic heterocycles. The largest absolute Gasteiger partial charge is 0.489 e. The summed E-state index contributed by atoms with van der Waals surface area (Å²) in [5.74, 6) is 3.07. The lowest BCUT2D eigenvalue weighted by Gasteiger charge is -2.13. The Balaban J connectivity index is 1.49. The van der Waals surface area contributed by atoms with Crippen LogP contribution in [0, 0.1) is 0 Å². The van der Waals surface area contributed by atoms with Gasteiger partial charge in [0.25, 0.3) is 0 Å². The van der Waals surface area contributed by atoms with Crippen molar-refractivity contribution in [1.82, 2.24) is 15.6 Å². The van der Waals surface area contributed by atoms with Gasteiger partial charge in [-0.3, -0.25) is 4.99 Å². The smallest absolute Gasteiger partial charge is 0.213 e. The minimum absolute atomic E-state index is 0.0551. The van der Waals surface area contributed by atoms with Gasteiger partial charge < -0.3 is 19.8 Å². The zero-order valence-corrected chi connectivity index (χ0v) is 18.1. The SMILES string of the molecule is CN=C(NCc1cccc(COc2ccccc2)c1)NCc1ncc(C(C)(C)C)o1. The van der Waals surface area contributed by atoms with Crippen molar-refractivity contribution < 1.29 is 9.15 Å². The van der Waals surface area contributed by atoms with Crippen molar-refractivity contribution in [2.24, 2.45) is 4.99 Å². The van der Waals surface area contributed by atoms with E-state index in [1.807, 2.05) is 36.4 Å². The van der Waals surface area contributed by atoms with Crippen LogP contribution >= 0.6 is 0 Å². The molecule has 0 aliphatic rings. The maximum atomic E-state index is 5.83. The van der Waals surface area contributed by atoms with E-state index in [9.17, 15) is 0 Å². The quantitative estimate of drug-likeness (QED) is 0.449. The second-order valence-corrected chi connectivity index (χ2v) is 8.07. The van der Waals surface area contributed by atoms with E-state index >= 15 is 0 Å². The number of hydrogen-bond acceptors (Lipinski definition) is 4. The van der Waals surface area contributed by atoms with Crippen LogP contribution in [-0.2, 0) is 25.1 Å². The van der Waals surface area contributed by atoms with E-state index in [0.29, 0.717) is 31.5 Å². The summed E-state index contributed by atoms with van der Waals surface area (Å²) in [7, 11) is 1.75. The number of guanidine groups is 1. The molecule has 2 aromatic carbocycles. The van der Waals surface area contributed by atoms with E-state index < -0.39 is 0 Å². The van der Waals surface area contributed by atoms with E-state index in [1.54, 1.807) is 13.2 Å². The Bertz CT molecular complexity index is 959. The number of oxazole rings is 1. The van der Waals surface area contributed by atoms with Crippen LogP contribution in [0.25, 0.3) is 0 Å². The maximum absolute atomic E-state index is 5.83. The molecule has 0 aliphatic carbocycles. The van der Waals surface area contributed by atoms with Crippen LogP contribution in [0.15, 0.2) is 70.2 Å². The van der Waals surface area contributed by atoms with E-state index in [0.717, 1.165) is 22.6 Å². The normalized spacial score (nSPS) is 11.9. The molecule has 30 heavy (non-hydrogen) atoms. The third-order valence-corrected chi connectivity index (χ3v) is 4.52. The van der Waals surface area contributed by atoms with Crippen molar-refractivity contribution in [2.45, 2.75) is 45.9 Å². The second kappa shape index (κ2) is 9.96. The first kappa shape index (κ1) is 21.4. The Labute approximate surface area is 178 Å². The molecule has 6 heteroatoms. The number of nitrogens with one attached hydrogen (secondary N) is 2. The Morgan fingerprint density at radius 2 is 1.73 bits per heavy atom. The third kappa shape index (κ3) is 6.37. The fraction of sp³-hybridized carbons (Fsp3) is 0.333. The molecule has 0 atom stereocenters. The van der Waals surface area contributed by atoms with Gasteiger partial charge in [-0.15, -0.1) is 0 Å². The van der Waals surface area contributed by atoms with Gasteiger partial charge in [-0.05, 0) is 23.3 Å². The summed E-state index contributed by atoms with van der Waals surface area (Å²) in [6.07, 6.45) is 1.79. The van der Waals surface area contributed by atoms with Crippen LogP contribution in [0.2, 0.25) is 0 Å². The van der Waals surface area contributed by atoms with Crippen molar-refractivity contribution >= 4 is 5.96 Å². The highest BCUT2D eigenvalue weighted by Crippen LogP contribution is 2.22. The zero-order chi connectivity index (χ0) is 21.4. The van der Waals surface area contributed by atoms with Crippen LogP contribution in [0.3, 0.4) is 0 Å². The van der Waals surface area contributed by atoms with Crippen molar-refractivity contribution in [3.05, 3.63) is 83.6 Å². The predicted octanol–water partition coefficient (Wildman–Crippen LogP) is 4.42. The highest BCUT2D eigenvalue weighted by atomic mass is 16.5. The van der Waals surface area contributed by atoms with Crippen molar-refractivity contribution in [3.63, 3.8) is 0 Å². The number of nitrogens with zero attached hydrogens (tertiary/aromatic N) is 2. The number of aromatic nitrogens is 1. The van der Waals surface area contributed by atoms with Gasteiger partial charge in [0.15, 0.2) is 5.96 Å². The molecular weight excluding hydrogens is 376 g/mol. The van der Waals surface area contributed by atoms with Gasteiger partial charge in [0, 0.05) is 19.0 Å². The van der Waals surface area contributed by atoms with Gasteiger partial charge in [0.1, 0.15) is 18.1 Å². The average molecular weight is 407 g/mol.